The number of benzene rings is 1. The lowest BCUT2D eigenvalue weighted by molar-refractivity contribution is -0.157. The molecule has 1 N–H and O–H groups in total. The number of aliphatic hydroxyl groups excluding tert-OH is 1. The summed E-state index contributed by atoms with van der Waals surface area (Å²) in [6.07, 6.45) is 2.05. The van der Waals surface area contributed by atoms with Gasteiger partial charge in [-0.2, -0.15) is 11.3 Å². The van der Waals surface area contributed by atoms with Crippen LogP contribution in [0.15, 0.2) is 46.9 Å². The summed E-state index contributed by atoms with van der Waals surface area (Å²) < 4.78 is 28.1. The molecule has 1 aromatic carbocycles. The molecule has 9 nitrogen and oxygen atoms in total. The van der Waals surface area contributed by atoms with Crippen LogP contribution in [0.3, 0.4) is 0 Å². The van der Waals surface area contributed by atoms with Gasteiger partial charge in [-0.05, 0) is 46.2 Å². The Labute approximate surface area is 214 Å². The zero-order chi connectivity index (χ0) is 24.7. The minimum atomic E-state index is -0.524. The van der Waals surface area contributed by atoms with E-state index < -0.39 is 6.29 Å². The summed E-state index contributed by atoms with van der Waals surface area (Å²) in [4.78, 5) is 17.6. The van der Waals surface area contributed by atoms with Crippen LogP contribution in [0.4, 0.5) is 0 Å². The summed E-state index contributed by atoms with van der Waals surface area (Å²) in [5, 5.41) is 13.0. The molecule has 0 bridgehead atoms. The molecule has 0 saturated carbocycles. The highest BCUT2D eigenvalue weighted by Gasteiger charge is 2.32. The number of hydrogen-bond acceptors (Lipinski definition) is 9. The second kappa shape index (κ2) is 12.1. The predicted molar refractivity (Wildman–Crippen MR) is 133 cm³/mol. The molecular formula is C26H32N2O7S. The lowest BCUT2D eigenvalue weighted by atomic mass is 9.95. The van der Waals surface area contributed by atoms with E-state index in [1.54, 1.807) is 11.3 Å². The van der Waals surface area contributed by atoms with Crippen LogP contribution in [0.2, 0.25) is 0 Å². The quantitative estimate of drug-likeness (QED) is 0.482. The first-order valence-electron chi connectivity index (χ1n) is 12.3. The van der Waals surface area contributed by atoms with Crippen molar-refractivity contribution in [3.05, 3.63) is 58.0 Å². The van der Waals surface area contributed by atoms with Crippen LogP contribution in [-0.2, 0) is 25.5 Å². The van der Waals surface area contributed by atoms with Crippen molar-refractivity contribution in [3.8, 4) is 11.5 Å². The smallest absolute Gasteiger partial charge is 0.288 e. The molecule has 0 unspecified atom stereocenters. The van der Waals surface area contributed by atoms with E-state index in [2.05, 4.69) is 22.4 Å². The molecule has 3 aliphatic rings. The first kappa shape index (κ1) is 25.0. The Morgan fingerprint density at radius 2 is 1.94 bits per heavy atom. The maximum atomic E-state index is 13.4. The van der Waals surface area contributed by atoms with E-state index in [1.807, 2.05) is 28.5 Å². The number of allylic oxidation sites excluding steroid dienone is 1. The van der Waals surface area contributed by atoms with Gasteiger partial charge in [0.1, 0.15) is 0 Å². The van der Waals surface area contributed by atoms with E-state index in [0.717, 1.165) is 36.7 Å². The Morgan fingerprint density at radius 3 is 2.75 bits per heavy atom. The minimum Gasteiger partial charge on any atom is -0.459 e. The van der Waals surface area contributed by atoms with Gasteiger partial charge in [0, 0.05) is 45.1 Å². The molecule has 5 rings (SSSR count). The fourth-order valence-corrected chi connectivity index (χ4v) is 5.32. The molecule has 2 aromatic rings. The Kier molecular flexibility index (Phi) is 8.40. The number of hydrogen-bond donors (Lipinski definition) is 1. The number of carbonyl (C=O) groups excluding carboxylic acids is 1. The Bertz CT molecular complexity index is 1040. The number of rotatable bonds is 10. The molecule has 1 amide bonds. The molecule has 2 atom stereocenters. The summed E-state index contributed by atoms with van der Waals surface area (Å²) in [5.41, 5.74) is 2.33. The van der Waals surface area contributed by atoms with Gasteiger partial charge in [-0.3, -0.25) is 9.69 Å². The first-order chi connectivity index (χ1) is 17.7. The Morgan fingerprint density at radius 1 is 1.08 bits per heavy atom. The topological polar surface area (TPSA) is 89.9 Å². The van der Waals surface area contributed by atoms with Gasteiger partial charge < -0.3 is 33.7 Å². The number of aliphatic hydroxyl groups is 1. The van der Waals surface area contributed by atoms with E-state index in [1.165, 1.54) is 5.56 Å². The number of thiophene rings is 1. The molecule has 194 valence electrons. The normalized spacial score (nSPS) is 21.8. The third-order valence-electron chi connectivity index (χ3n) is 6.51. The van der Waals surface area contributed by atoms with E-state index in [9.17, 15) is 4.79 Å². The molecule has 0 aliphatic carbocycles. The summed E-state index contributed by atoms with van der Waals surface area (Å²) in [7, 11) is 0. The Balaban J connectivity index is 1.17. The van der Waals surface area contributed by atoms with E-state index in [0.29, 0.717) is 38.5 Å². The van der Waals surface area contributed by atoms with Crippen molar-refractivity contribution < 1.29 is 33.6 Å². The zero-order valence-electron chi connectivity index (χ0n) is 20.2. The van der Waals surface area contributed by atoms with E-state index in [4.69, 9.17) is 28.8 Å². The molecule has 3 aliphatic heterocycles. The zero-order valence-corrected chi connectivity index (χ0v) is 21.0. The van der Waals surface area contributed by atoms with Crippen molar-refractivity contribution in [1.82, 2.24) is 9.80 Å². The first-order valence-corrected chi connectivity index (χ1v) is 13.2. The average molecular weight is 517 g/mol. The number of carbonyl (C=O) groups is 1. The molecule has 0 spiro atoms. The van der Waals surface area contributed by atoms with Crippen LogP contribution < -0.4 is 9.47 Å². The van der Waals surface area contributed by atoms with Gasteiger partial charge in [0.15, 0.2) is 17.3 Å². The largest absolute Gasteiger partial charge is 0.459 e. The maximum absolute atomic E-state index is 13.4. The molecule has 36 heavy (non-hydrogen) atoms. The third kappa shape index (κ3) is 6.19. The highest BCUT2D eigenvalue weighted by atomic mass is 32.1. The second-order valence-electron chi connectivity index (χ2n) is 8.94. The molecule has 1 saturated heterocycles. The van der Waals surface area contributed by atoms with Crippen LogP contribution >= 0.6 is 11.3 Å². The van der Waals surface area contributed by atoms with Crippen LogP contribution in [0.1, 0.15) is 23.5 Å². The SMILES string of the molecule is O=C(C1=C[C@H](c2ccsc2)C[C@H](OCCOCCO)O1)N1CCN(Cc2ccc3c(c2)OCO3)CC1. The van der Waals surface area contributed by atoms with Gasteiger partial charge in [-0.15, -0.1) is 0 Å². The maximum Gasteiger partial charge on any atom is 0.288 e. The van der Waals surface area contributed by atoms with Gasteiger partial charge in [-0.1, -0.05) is 6.07 Å². The van der Waals surface area contributed by atoms with Crippen molar-refractivity contribution in [2.24, 2.45) is 0 Å². The number of amides is 1. The van der Waals surface area contributed by atoms with Gasteiger partial charge >= 0.3 is 0 Å². The minimum absolute atomic E-state index is 0.0223. The molecule has 4 heterocycles. The van der Waals surface area contributed by atoms with Crippen LogP contribution in [0.25, 0.3) is 0 Å². The van der Waals surface area contributed by atoms with Crippen molar-refractivity contribution in [3.63, 3.8) is 0 Å². The standard InChI is InChI=1S/C26H32N2O7S/c29-8-9-31-10-11-32-25-15-21(20-3-12-36-17-20)14-24(35-25)26(30)28-6-4-27(5-7-28)16-19-1-2-22-23(13-19)34-18-33-22/h1-3,12-14,17,21,25,29H,4-11,15-16,18H2/t21-,25+/m0/s1. The van der Waals surface area contributed by atoms with Crippen molar-refractivity contribution in [2.75, 3.05) is 59.4 Å². The highest BCUT2D eigenvalue weighted by Crippen LogP contribution is 2.34. The Hall–Kier alpha value is -2.63. The van der Waals surface area contributed by atoms with E-state index in [-0.39, 0.29) is 31.8 Å². The number of fused-ring (bicyclic) bond motifs is 1. The average Bonchev–Trinajstić information content (AvgIpc) is 3.61. The van der Waals surface area contributed by atoms with Crippen molar-refractivity contribution in [2.45, 2.75) is 25.2 Å². The molecule has 10 heteroatoms. The van der Waals surface area contributed by atoms with Crippen LogP contribution in [0.5, 0.6) is 11.5 Å². The molecule has 0 radical (unpaired) electrons. The second-order valence-corrected chi connectivity index (χ2v) is 9.72. The molecule has 1 aromatic heterocycles. The summed E-state index contributed by atoms with van der Waals surface area (Å²) >= 11 is 1.64. The summed E-state index contributed by atoms with van der Waals surface area (Å²) in [5.74, 6) is 1.89. The van der Waals surface area contributed by atoms with E-state index >= 15 is 0 Å². The van der Waals surface area contributed by atoms with Crippen molar-refractivity contribution in [1.29, 1.82) is 0 Å². The van der Waals surface area contributed by atoms with Gasteiger partial charge in [-0.25, -0.2) is 0 Å². The molecular weight excluding hydrogens is 484 g/mol. The monoisotopic (exact) mass is 516 g/mol. The number of ether oxygens (including phenoxy) is 5. The highest BCUT2D eigenvalue weighted by molar-refractivity contribution is 7.08. The number of piperazine rings is 1. The third-order valence-corrected chi connectivity index (χ3v) is 7.21. The van der Waals surface area contributed by atoms with Crippen LogP contribution in [-0.4, -0.2) is 86.5 Å². The lowest BCUT2D eigenvalue weighted by Gasteiger charge is -2.36. The summed E-state index contributed by atoms with van der Waals surface area (Å²) in [6, 6.07) is 8.12. The van der Waals surface area contributed by atoms with Crippen LogP contribution in [0, 0.1) is 0 Å². The van der Waals surface area contributed by atoms with Gasteiger partial charge in [0.25, 0.3) is 5.91 Å². The van der Waals surface area contributed by atoms with Gasteiger partial charge in [0.05, 0.1) is 26.4 Å². The van der Waals surface area contributed by atoms with Crippen molar-refractivity contribution >= 4 is 17.2 Å². The summed E-state index contributed by atoms with van der Waals surface area (Å²) in [6.45, 7) is 4.85. The molecule has 1 fully saturated rings. The lowest BCUT2D eigenvalue weighted by Crippen LogP contribution is -2.49. The van der Waals surface area contributed by atoms with Gasteiger partial charge in [0.2, 0.25) is 13.1 Å². The number of nitrogens with zero attached hydrogens (tertiary/aromatic N) is 2. The predicted octanol–water partition coefficient (Wildman–Crippen LogP) is 2.56. The fourth-order valence-electron chi connectivity index (χ4n) is 4.60. The fraction of sp³-hybridized carbons (Fsp3) is 0.500.